The molecule has 3 saturated heterocycles. The van der Waals surface area contributed by atoms with Crippen molar-refractivity contribution in [2.75, 3.05) is 7.05 Å². The molecule has 3 aliphatic rings. The van der Waals surface area contributed by atoms with Crippen LogP contribution in [0.1, 0.15) is 23.2 Å². The van der Waals surface area contributed by atoms with Crippen LogP contribution in [0.15, 0.2) is 30.5 Å². The third-order valence-corrected chi connectivity index (χ3v) is 5.46. The number of esters is 1. The molecule has 114 valence electrons. The predicted molar refractivity (Wildman–Crippen MR) is 80.7 cm³/mol. The number of H-pyrrole nitrogens is 1. The Kier molecular flexibility index (Phi) is 2.50. The molecule has 0 spiro atoms. The van der Waals surface area contributed by atoms with Crippen molar-refractivity contribution < 1.29 is 14.3 Å². The van der Waals surface area contributed by atoms with E-state index in [0.29, 0.717) is 29.9 Å². The minimum absolute atomic E-state index is 0.00348. The lowest BCUT2D eigenvalue weighted by molar-refractivity contribution is -0.0231. The summed E-state index contributed by atoms with van der Waals surface area (Å²) in [4.78, 5) is 18.0. The first-order valence-corrected chi connectivity index (χ1v) is 7.87. The molecule has 3 fully saturated rings. The van der Waals surface area contributed by atoms with Crippen LogP contribution in [0.2, 0.25) is 0 Å². The molecule has 5 rings (SSSR count). The first kappa shape index (κ1) is 12.7. The second-order valence-electron chi connectivity index (χ2n) is 6.61. The van der Waals surface area contributed by atoms with Crippen LogP contribution in [0.4, 0.5) is 0 Å². The van der Waals surface area contributed by atoms with Crippen LogP contribution >= 0.6 is 0 Å². The van der Waals surface area contributed by atoms with Crippen molar-refractivity contribution >= 4 is 16.9 Å². The number of nitrogens with one attached hydrogen (secondary N) is 1. The topological polar surface area (TPSA) is 57.9 Å². The molecule has 4 heterocycles. The second-order valence-corrected chi connectivity index (χ2v) is 6.61. The molecular weight excluding hydrogens is 280 g/mol. The number of benzene rings is 1. The fraction of sp³-hybridized carbons (Fsp3) is 0.471. The Hall–Kier alpha value is -1.85. The summed E-state index contributed by atoms with van der Waals surface area (Å²) in [5, 5.41) is 0.926. The van der Waals surface area contributed by atoms with Gasteiger partial charge in [0.25, 0.3) is 0 Å². The maximum Gasteiger partial charge on any atom is 0.340 e. The van der Waals surface area contributed by atoms with Crippen molar-refractivity contribution in [3.8, 4) is 0 Å². The van der Waals surface area contributed by atoms with Gasteiger partial charge in [0, 0.05) is 42.0 Å². The van der Waals surface area contributed by atoms with Gasteiger partial charge in [-0.2, -0.15) is 0 Å². The number of aromatic nitrogens is 1. The summed E-state index contributed by atoms with van der Waals surface area (Å²) < 4.78 is 11.5. The zero-order valence-electron chi connectivity index (χ0n) is 12.4. The van der Waals surface area contributed by atoms with E-state index in [1.165, 1.54) is 0 Å². The Morgan fingerprint density at radius 3 is 2.77 bits per heavy atom. The van der Waals surface area contributed by atoms with E-state index in [0.717, 1.165) is 23.7 Å². The Bertz CT molecular complexity index is 737. The van der Waals surface area contributed by atoms with E-state index in [2.05, 4.69) is 16.9 Å². The number of rotatable bonds is 2. The Labute approximate surface area is 128 Å². The van der Waals surface area contributed by atoms with E-state index in [-0.39, 0.29) is 12.1 Å². The van der Waals surface area contributed by atoms with Gasteiger partial charge in [0.2, 0.25) is 0 Å². The smallest absolute Gasteiger partial charge is 0.340 e. The Morgan fingerprint density at radius 2 is 2.00 bits per heavy atom. The second kappa shape index (κ2) is 4.33. The van der Waals surface area contributed by atoms with E-state index in [1.807, 2.05) is 24.3 Å². The van der Waals surface area contributed by atoms with E-state index < -0.39 is 0 Å². The molecule has 4 unspecified atom stereocenters. The lowest BCUT2D eigenvalue weighted by atomic mass is 9.99. The van der Waals surface area contributed by atoms with Gasteiger partial charge in [-0.15, -0.1) is 0 Å². The van der Waals surface area contributed by atoms with Crippen molar-refractivity contribution in [3.05, 3.63) is 36.0 Å². The van der Waals surface area contributed by atoms with Crippen molar-refractivity contribution in [3.63, 3.8) is 0 Å². The normalized spacial score (nSPS) is 36.3. The van der Waals surface area contributed by atoms with Gasteiger partial charge in [0.05, 0.1) is 5.56 Å². The molecule has 0 amide bonds. The van der Waals surface area contributed by atoms with Gasteiger partial charge < -0.3 is 14.5 Å². The summed E-state index contributed by atoms with van der Waals surface area (Å²) >= 11 is 0. The molecule has 5 heteroatoms. The van der Waals surface area contributed by atoms with Crippen molar-refractivity contribution in [1.29, 1.82) is 0 Å². The highest BCUT2D eigenvalue weighted by Crippen LogP contribution is 2.48. The number of nitrogens with zero attached hydrogens (tertiary/aromatic N) is 1. The molecule has 2 aromatic rings. The quantitative estimate of drug-likeness (QED) is 0.680. The molecule has 5 atom stereocenters. The van der Waals surface area contributed by atoms with Gasteiger partial charge in [-0.25, -0.2) is 4.79 Å². The standard InChI is InChI=1S/C17H18N2O3/c1-19-13-6-9(7-14(19)16-15(13)22-16)21-17(20)11-8-18-12-5-3-2-4-10(11)12/h2-5,8-9,13-16,18H,6-7H2,1H3/t9?,13-,14?,15?,16?/m1/s1. The summed E-state index contributed by atoms with van der Waals surface area (Å²) in [6.45, 7) is 0. The summed E-state index contributed by atoms with van der Waals surface area (Å²) in [5.41, 5.74) is 1.59. The first-order valence-electron chi connectivity index (χ1n) is 7.87. The number of piperidine rings is 1. The summed E-state index contributed by atoms with van der Waals surface area (Å²) in [6, 6.07) is 8.62. The molecular formula is C17H18N2O3. The van der Waals surface area contributed by atoms with E-state index in [4.69, 9.17) is 9.47 Å². The Morgan fingerprint density at radius 1 is 1.27 bits per heavy atom. The van der Waals surface area contributed by atoms with Crippen molar-refractivity contribution in [2.45, 2.75) is 43.2 Å². The largest absolute Gasteiger partial charge is 0.459 e. The predicted octanol–water partition coefficient (Wildman–Crippen LogP) is 1.94. The third kappa shape index (κ3) is 1.69. The summed E-state index contributed by atoms with van der Waals surface area (Å²) in [7, 11) is 2.16. The molecule has 1 aromatic heterocycles. The zero-order chi connectivity index (χ0) is 14.8. The van der Waals surface area contributed by atoms with E-state index in [1.54, 1.807) is 6.20 Å². The number of likely N-dealkylation sites (N-methyl/N-ethyl adjacent to an activating group) is 1. The Balaban J connectivity index is 1.35. The number of hydrogen-bond acceptors (Lipinski definition) is 4. The third-order valence-electron chi connectivity index (χ3n) is 5.46. The number of morpholine rings is 1. The summed E-state index contributed by atoms with van der Waals surface area (Å²) in [6.07, 6.45) is 4.24. The van der Waals surface area contributed by atoms with Gasteiger partial charge in [0.15, 0.2) is 0 Å². The first-order chi connectivity index (χ1) is 10.7. The van der Waals surface area contributed by atoms with E-state index in [9.17, 15) is 4.79 Å². The average Bonchev–Trinajstić information content (AvgIpc) is 3.15. The highest BCUT2D eigenvalue weighted by Gasteiger charge is 2.62. The SMILES string of the molecule is CN1C2CC(OC(=O)c3c[nH]c4ccccc34)C[C@@H]1C1OC12. The molecule has 0 aliphatic carbocycles. The maximum atomic E-state index is 12.5. The fourth-order valence-electron chi connectivity index (χ4n) is 4.25. The number of para-hydroxylation sites is 1. The van der Waals surface area contributed by atoms with Gasteiger partial charge >= 0.3 is 5.97 Å². The molecule has 0 radical (unpaired) electrons. The molecule has 22 heavy (non-hydrogen) atoms. The average molecular weight is 298 g/mol. The zero-order valence-corrected chi connectivity index (χ0v) is 12.4. The van der Waals surface area contributed by atoms with Crippen molar-refractivity contribution in [1.82, 2.24) is 9.88 Å². The molecule has 5 nitrogen and oxygen atoms in total. The minimum Gasteiger partial charge on any atom is -0.459 e. The van der Waals surface area contributed by atoms with Crippen LogP contribution in [0.5, 0.6) is 0 Å². The molecule has 3 aliphatic heterocycles. The lowest BCUT2D eigenvalue weighted by Crippen LogP contribution is -2.47. The number of fused-ring (bicyclic) bond motifs is 6. The summed E-state index contributed by atoms with van der Waals surface area (Å²) in [5.74, 6) is -0.221. The van der Waals surface area contributed by atoms with Gasteiger partial charge in [-0.3, -0.25) is 4.90 Å². The van der Waals surface area contributed by atoms with Gasteiger partial charge in [0.1, 0.15) is 18.3 Å². The fourth-order valence-corrected chi connectivity index (χ4v) is 4.25. The molecule has 0 saturated carbocycles. The monoisotopic (exact) mass is 298 g/mol. The maximum absolute atomic E-state index is 12.5. The molecule has 1 N–H and O–H groups in total. The number of carbonyl (C=O) groups is 1. The van der Waals surface area contributed by atoms with Gasteiger partial charge in [-0.05, 0) is 13.1 Å². The number of epoxide rings is 1. The number of hydrogen-bond donors (Lipinski definition) is 1. The lowest BCUT2D eigenvalue weighted by Gasteiger charge is -2.37. The van der Waals surface area contributed by atoms with Crippen LogP contribution in [-0.2, 0) is 9.47 Å². The van der Waals surface area contributed by atoms with Crippen LogP contribution in [-0.4, -0.2) is 53.3 Å². The number of carbonyl (C=O) groups excluding carboxylic acids is 1. The molecule has 2 bridgehead atoms. The van der Waals surface area contributed by atoms with Crippen LogP contribution in [0, 0.1) is 0 Å². The van der Waals surface area contributed by atoms with Crippen LogP contribution in [0.25, 0.3) is 10.9 Å². The molecule has 1 aromatic carbocycles. The van der Waals surface area contributed by atoms with Crippen LogP contribution < -0.4 is 0 Å². The number of ether oxygens (including phenoxy) is 2. The van der Waals surface area contributed by atoms with Gasteiger partial charge in [-0.1, -0.05) is 18.2 Å². The minimum atomic E-state index is -0.221. The number of aromatic amines is 1. The van der Waals surface area contributed by atoms with Crippen LogP contribution in [0.3, 0.4) is 0 Å². The highest BCUT2D eigenvalue weighted by atomic mass is 16.6. The van der Waals surface area contributed by atoms with E-state index >= 15 is 0 Å². The highest BCUT2D eigenvalue weighted by molar-refractivity contribution is 6.04. The van der Waals surface area contributed by atoms with Crippen molar-refractivity contribution in [2.24, 2.45) is 0 Å².